The molecule has 1 N–H and O–H groups in total. The number of nitrogens with one attached hydrogen (secondary N) is 1. The van der Waals surface area contributed by atoms with Crippen LogP contribution in [-0.4, -0.2) is 43.1 Å². The van der Waals surface area contributed by atoms with E-state index in [1.807, 2.05) is 0 Å². The summed E-state index contributed by atoms with van der Waals surface area (Å²) in [5, 5.41) is 3.25. The van der Waals surface area contributed by atoms with Gasteiger partial charge in [-0.3, -0.25) is 4.79 Å². The number of amides is 2. The molecule has 0 aromatic carbocycles. The Labute approximate surface area is 88.8 Å². The van der Waals surface area contributed by atoms with Gasteiger partial charge in [0, 0.05) is 6.42 Å². The molecule has 0 bridgehead atoms. The molecule has 84 valence electrons. The summed E-state index contributed by atoms with van der Waals surface area (Å²) in [5.41, 5.74) is 0. The third kappa shape index (κ3) is 2.47. The zero-order valence-corrected chi connectivity index (χ0v) is 8.70. The Kier molecular flexibility index (Phi) is 3.20. The van der Waals surface area contributed by atoms with E-state index >= 15 is 0 Å². The molecule has 2 heterocycles. The Balaban J connectivity index is 1.82. The molecular weight excluding hydrogens is 196 g/mol. The monoisotopic (exact) mass is 212 g/mol. The molecule has 5 nitrogen and oxygen atoms in total. The second-order valence-electron chi connectivity index (χ2n) is 4.06. The minimum atomic E-state index is -0.478. The molecule has 2 aliphatic heterocycles. The molecule has 2 rings (SSSR count). The first kappa shape index (κ1) is 10.4. The van der Waals surface area contributed by atoms with Gasteiger partial charge in [-0.1, -0.05) is 0 Å². The molecule has 0 aliphatic carbocycles. The number of ether oxygens (including phenoxy) is 1. The lowest BCUT2D eigenvalue weighted by molar-refractivity contribution is -0.128. The molecule has 2 aliphatic rings. The van der Waals surface area contributed by atoms with E-state index in [0.717, 1.165) is 25.9 Å². The van der Waals surface area contributed by atoms with E-state index in [1.54, 1.807) is 0 Å². The van der Waals surface area contributed by atoms with Crippen molar-refractivity contribution in [2.45, 2.75) is 19.3 Å². The molecule has 0 spiro atoms. The van der Waals surface area contributed by atoms with Crippen molar-refractivity contribution in [3.8, 4) is 0 Å². The Morgan fingerprint density at radius 1 is 1.47 bits per heavy atom. The van der Waals surface area contributed by atoms with E-state index in [1.165, 1.54) is 4.90 Å². The molecule has 5 heteroatoms. The summed E-state index contributed by atoms with van der Waals surface area (Å²) in [6, 6.07) is 0. The largest absolute Gasteiger partial charge is 0.447 e. The van der Waals surface area contributed by atoms with Crippen molar-refractivity contribution in [2.24, 2.45) is 5.92 Å². The Morgan fingerprint density at radius 2 is 2.20 bits per heavy atom. The third-order valence-corrected chi connectivity index (χ3v) is 2.98. The van der Waals surface area contributed by atoms with Gasteiger partial charge in [0.2, 0.25) is 5.91 Å². The maximum atomic E-state index is 11.7. The zero-order valence-electron chi connectivity index (χ0n) is 8.70. The third-order valence-electron chi connectivity index (χ3n) is 2.98. The quantitative estimate of drug-likeness (QED) is 0.717. The van der Waals surface area contributed by atoms with E-state index in [-0.39, 0.29) is 5.91 Å². The highest BCUT2D eigenvalue weighted by molar-refractivity contribution is 5.93. The van der Waals surface area contributed by atoms with Crippen molar-refractivity contribution in [1.29, 1.82) is 0 Å². The van der Waals surface area contributed by atoms with Crippen molar-refractivity contribution < 1.29 is 14.3 Å². The van der Waals surface area contributed by atoms with Gasteiger partial charge in [0.05, 0.1) is 6.54 Å². The van der Waals surface area contributed by atoms with Crippen LogP contribution in [0, 0.1) is 5.92 Å². The van der Waals surface area contributed by atoms with Gasteiger partial charge >= 0.3 is 6.09 Å². The zero-order chi connectivity index (χ0) is 10.7. The van der Waals surface area contributed by atoms with Crippen molar-refractivity contribution in [3.05, 3.63) is 0 Å². The summed E-state index contributed by atoms with van der Waals surface area (Å²) in [6.45, 7) is 2.71. The summed E-state index contributed by atoms with van der Waals surface area (Å²) in [5.74, 6) is 0.344. The van der Waals surface area contributed by atoms with Crippen LogP contribution in [0.25, 0.3) is 0 Å². The van der Waals surface area contributed by atoms with Crippen LogP contribution in [-0.2, 0) is 9.53 Å². The number of cyclic esters (lactones) is 1. The maximum Gasteiger partial charge on any atom is 0.416 e. The summed E-state index contributed by atoms with van der Waals surface area (Å²) < 4.78 is 4.73. The predicted molar refractivity (Wildman–Crippen MR) is 53.3 cm³/mol. The summed E-state index contributed by atoms with van der Waals surface area (Å²) in [6.07, 6.45) is 2.05. The van der Waals surface area contributed by atoms with Crippen molar-refractivity contribution in [1.82, 2.24) is 10.2 Å². The van der Waals surface area contributed by atoms with Gasteiger partial charge in [0.25, 0.3) is 0 Å². The van der Waals surface area contributed by atoms with Crippen LogP contribution in [0.15, 0.2) is 0 Å². The minimum absolute atomic E-state index is 0.0793. The Bertz CT molecular complexity index is 261. The molecule has 0 aromatic rings. The lowest BCUT2D eigenvalue weighted by atomic mass is 9.94. The lowest BCUT2D eigenvalue weighted by Gasteiger charge is -2.23. The summed E-state index contributed by atoms with van der Waals surface area (Å²) >= 11 is 0. The first-order valence-electron chi connectivity index (χ1n) is 5.45. The molecule has 0 atom stereocenters. The first-order chi connectivity index (χ1) is 7.27. The topological polar surface area (TPSA) is 58.6 Å². The number of carbonyl (C=O) groups excluding carboxylic acids is 2. The Morgan fingerprint density at radius 3 is 2.80 bits per heavy atom. The van der Waals surface area contributed by atoms with E-state index < -0.39 is 6.09 Å². The molecule has 15 heavy (non-hydrogen) atoms. The fourth-order valence-corrected chi connectivity index (χ4v) is 2.06. The van der Waals surface area contributed by atoms with Gasteiger partial charge in [0.1, 0.15) is 6.61 Å². The number of carbonyl (C=O) groups is 2. The van der Waals surface area contributed by atoms with Crippen molar-refractivity contribution in [2.75, 3.05) is 26.2 Å². The Hall–Kier alpha value is -1.10. The average Bonchev–Trinajstić information content (AvgIpc) is 2.66. The molecule has 0 aromatic heterocycles. The van der Waals surface area contributed by atoms with Crippen LogP contribution in [0.4, 0.5) is 4.79 Å². The number of hydrogen-bond acceptors (Lipinski definition) is 4. The second kappa shape index (κ2) is 4.61. The number of piperidine rings is 1. The highest BCUT2D eigenvalue weighted by atomic mass is 16.6. The number of hydrogen-bond donors (Lipinski definition) is 1. The fraction of sp³-hybridized carbons (Fsp3) is 0.800. The van der Waals surface area contributed by atoms with E-state index in [9.17, 15) is 9.59 Å². The molecule has 0 unspecified atom stereocenters. The SMILES string of the molecule is O=C(CC1CCNCC1)N1CCOC1=O. The molecular formula is C10H16N2O3. The smallest absolute Gasteiger partial charge is 0.416 e. The van der Waals surface area contributed by atoms with Crippen LogP contribution in [0.2, 0.25) is 0 Å². The second-order valence-corrected chi connectivity index (χ2v) is 4.06. The van der Waals surface area contributed by atoms with Gasteiger partial charge in [-0.05, 0) is 31.8 Å². The van der Waals surface area contributed by atoms with Crippen molar-refractivity contribution >= 4 is 12.0 Å². The van der Waals surface area contributed by atoms with E-state index in [4.69, 9.17) is 4.74 Å². The highest BCUT2D eigenvalue weighted by Gasteiger charge is 2.30. The first-order valence-corrected chi connectivity index (χ1v) is 5.45. The van der Waals surface area contributed by atoms with E-state index in [0.29, 0.717) is 25.5 Å². The number of rotatable bonds is 2. The van der Waals surface area contributed by atoms with Crippen LogP contribution in [0.1, 0.15) is 19.3 Å². The normalized spacial score (nSPS) is 22.9. The van der Waals surface area contributed by atoms with Gasteiger partial charge in [0.15, 0.2) is 0 Å². The standard InChI is InChI=1S/C10H16N2O3/c13-9(12-5-6-15-10(12)14)7-8-1-3-11-4-2-8/h8,11H,1-7H2. The van der Waals surface area contributed by atoms with Crippen LogP contribution < -0.4 is 5.32 Å². The van der Waals surface area contributed by atoms with Gasteiger partial charge < -0.3 is 10.1 Å². The average molecular weight is 212 g/mol. The number of imide groups is 1. The molecule has 2 fully saturated rings. The van der Waals surface area contributed by atoms with Crippen LogP contribution in [0.5, 0.6) is 0 Å². The fourth-order valence-electron chi connectivity index (χ4n) is 2.06. The van der Waals surface area contributed by atoms with E-state index in [2.05, 4.69) is 5.32 Å². The van der Waals surface area contributed by atoms with Gasteiger partial charge in [-0.15, -0.1) is 0 Å². The highest BCUT2D eigenvalue weighted by Crippen LogP contribution is 2.18. The van der Waals surface area contributed by atoms with Gasteiger partial charge in [-0.25, -0.2) is 9.69 Å². The minimum Gasteiger partial charge on any atom is -0.447 e. The molecule has 0 saturated carbocycles. The summed E-state index contributed by atoms with van der Waals surface area (Å²) in [4.78, 5) is 24.1. The van der Waals surface area contributed by atoms with Crippen LogP contribution >= 0.6 is 0 Å². The lowest BCUT2D eigenvalue weighted by Crippen LogP contribution is -2.35. The molecule has 0 radical (unpaired) electrons. The maximum absolute atomic E-state index is 11.7. The summed E-state index contributed by atoms with van der Waals surface area (Å²) in [7, 11) is 0. The molecule has 2 amide bonds. The van der Waals surface area contributed by atoms with Crippen LogP contribution in [0.3, 0.4) is 0 Å². The van der Waals surface area contributed by atoms with Gasteiger partial charge in [-0.2, -0.15) is 0 Å². The number of nitrogens with zero attached hydrogens (tertiary/aromatic N) is 1. The molecule has 2 saturated heterocycles. The van der Waals surface area contributed by atoms with Crippen molar-refractivity contribution in [3.63, 3.8) is 0 Å². The predicted octanol–water partition coefficient (Wildman–Crippen LogP) is 0.355.